The lowest BCUT2D eigenvalue weighted by atomic mass is 9.69. The molecule has 0 amide bonds. The van der Waals surface area contributed by atoms with Gasteiger partial charge in [0.2, 0.25) is 0 Å². The zero-order valence-corrected chi connectivity index (χ0v) is 10.9. The van der Waals surface area contributed by atoms with E-state index in [1.807, 2.05) is 0 Å². The Hall–Kier alpha value is -0.340. The number of aliphatic hydroxyl groups excluding tert-OH is 1. The molecule has 2 atom stereocenters. The Labute approximate surface area is 105 Å². The van der Waals surface area contributed by atoms with Crippen molar-refractivity contribution in [2.75, 3.05) is 6.61 Å². The lowest BCUT2D eigenvalue weighted by molar-refractivity contribution is 0.197. The van der Waals surface area contributed by atoms with Crippen LogP contribution >= 0.6 is 15.9 Å². The molecule has 2 fully saturated rings. The van der Waals surface area contributed by atoms with Crippen molar-refractivity contribution in [2.45, 2.75) is 31.1 Å². The quantitative estimate of drug-likeness (QED) is 0.899. The summed E-state index contributed by atoms with van der Waals surface area (Å²) in [6.07, 6.45) is 5.26. The summed E-state index contributed by atoms with van der Waals surface area (Å²) in [5.74, 6) is 1.33. The minimum Gasteiger partial charge on any atom is -0.396 e. The monoisotopic (exact) mass is 280 g/mol. The van der Waals surface area contributed by atoms with Crippen molar-refractivity contribution in [3.05, 3.63) is 34.3 Å². The molecule has 2 aliphatic rings. The molecule has 0 radical (unpaired) electrons. The van der Waals surface area contributed by atoms with Gasteiger partial charge in [-0.1, -0.05) is 34.5 Å². The summed E-state index contributed by atoms with van der Waals surface area (Å²) < 4.78 is 1.16. The average Bonchev–Trinajstić information content (AvgIpc) is 2.91. The summed E-state index contributed by atoms with van der Waals surface area (Å²) in [7, 11) is 0. The fourth-order valence-electron chi connectivity index (χ4n) is 3.37. The summed E-state index contributed by atoms with van der Waals surface area (Å²) in [4.78, 5) is 0. The Bertz CT molecular complexity index is 399. The number of halogens is 1. The highest BCUT2D eigenvalue weighted by Gasteiger charge is 2.60. The number of rotatable bonds is 3. The van der Waals surface area contributed by atoms with E-state index in [0.717, 1.165) is 10.4 Å². The van der Waals surface area contributed by atoms with Gasteiger partial charge in [-0.15, -0.1) is 0 Å². The zero-order chi connectivity index (χ0) is 11.2. The van der Waals surface area contributed by atoms with Gasteiger partial charge in [0, 0.05) is 16.5 Å². The van der Waals surface area contributed by atoms with Crippen LogP contribution in [0.15, 0.2) is 28.7 Å². The third kappa shape index (κ3) is 1.46. The van der Waals surface area contributed by atoms with Crippen molar-refractivity contribution in [2.24, 2.45) is 11.8 Å². The maximum absolute atomic E-state index is 9.43. The third-order valence-electron chi connectivity index (χ3n) is 4.57. The van der Waals surface area contributed by atoms with Crippen LogP contribution in [-0.4, -0.2) is 11.7 Å². The van der Waals surface area contributed by atoms with E-state index in [1.54, 1.807) is 0 Å². The van der Waals surface area contributed by atoms with Gasteiger partial charge in [0.15, 0.2) is 0 Å². The molecule has 2 heteroatoms. The van der Waals surface area contributed by atoms with Gasteiger partial charge in [0.05, 0.1) is 0 Å². The van der Waals surface area contributed by atoms with Crippen LogP contribution in [0, 0.1) is 11.8 Å². The Balaban J connectivity index is 1.95. The van der Waals surface area contributed by atoms with E-state index in [1.165, 1.54) is 31.2 Å². The van der Waals surface area contributed by atoms with E-state index in [0.29, 0.717) is 17.9 Å². The largest absolute Gasteiger partial charge is 0.396 e. The van der Waals surface area contributed by atoms with Crippen LogP contribution in [-0.2, 0) is 5.41 Å². The van der Waals surface area contributed by atoms with Crippen molar-refractivity contribution in [3.8, 4) is 0 Å². The molecule has 3 rings (SSSR count). The second kappa shape index (κ2) is 3.85. The first kappa shape index (κ1) is 10.8. The minimum atomic E-state index is 0.316. The third-order valence-corrected chi connectivity index (χ3v) is 5.06. The molecule has 1 aromatic carbocycles. The second-order valence-electron chi connectivity index (χ2n) is 5.26. The van der Waals surface area contributed by atoms with Crippen LogP contribution in [0.1, 0.15) is 31.2 Å². The molecule has 1 N–H and O–H groups in total. The van der Waals surface area contributed by atoms with Crippen LogP contribution < -0.4 is 0 Å². The van der Waals surface area contributed by atoms with Crippen molar-refractivity contribution in [1.29, 1.82) is 0 Å². The van der Waals surface area contributed by atoms with Gasteiger partial charge in [-0.3, -0.25) is 0 Å². The molecule has 1 aromatic rings. The first-order chi connectivity index (χ1) is 7.77. The lowest BCUT2D eigenvalue weighted by Gasteiger charge is -2.35. The minimum absolute atomic E-state index is 0.316. The molecule has 2 unspecified atom stereocenters. The smallest absolute Gasteiger partial charge is 0.0468 e. The van der Waals surface area contributed by atoms with Crippen molar-refractivity contribution >= 4 is 15.9 Å². The fourth-order valence-corrected chi connectivity index (χ4v) is 3.77. The maximum atomic E-state index is 9.43. The zero-order valence-electron chi connectivity index (χ0n) is 9.32. The Morgan fingerprint density at radius 3 is 2.69 bits per heavy atom. The van der Waals surface area contributed by atoms with Gasteiger partial charge >= 0.3 is 0 Å². The number of hydrogen-bond donors (Lipinski definition) is 1. The number of benzene rings is 1. The molecule has 0 aromatic heterocycles. The van der Waals surface area contributed by atoms with E-state index in [4.69, 9.17) is 0 Å². The van der Waals surface area contributed by atoms with Crippen molar-refractivity contribution in [1.82, 2.24) is 0 Å². The van der Waals surface area contributed by atoms with Crippen LogP contribution in [0.4, 0.5) is 0 Å². The molecular formula is C14H17BrO. The molecule has 0 heterocycles. The fraction of sp³-hybridized carbons (Fsp3) is 0.571. The van der Waals surface area contributed by atoms with Crippen molar-refractivity contribution in [3.63, 3.8) is 0 Å². The second-order valence-corrected chi connectivity index (χ2v) is 6.18. The standard InChI is InChI=1S/C14H17BrO/c15-13-6-2-5-11(7-13)14(8-12(14)9-16)10-3-1-4-10/h2,5-7,10,12,16H,1,3-4,8-9H2. The predicted molar refractivity (Wildman–Crippen MR) is 68.4 cm³/mol. The van der Waals surface area contributed by atoms with E-state index < -0.39 is 0 Å². The Morgan fingerprint density at radius 1 is 1.38 bits per heavy atom. The Kier molecular flexibility index (Phi) is 2.60. The van der Waals surface area contributed by atoms with Gasteiger partial charge in [-0.05, 0) is 48.8 Å². The average molecular weight is 281 g/mol. The van der Waals surface area contributed by atoms with E-state index in [2.05, 4.69) is 40.2 Å². The van der Waals surface area contributed by atoms with Gasteiger partial charge in [0.25, 0.3) is 0 Å². The summed E-state index contributed by atoms with van der Waals surface area (Å²) in [5.41, 5.74) is 1.75. The van der Waals surface area contributed by atoms with Crippen LogP contribution in [0.25, 0.3) is 0 Å². The first-order valence-electron chi connectivity index (χ1n) is 6.14. The van der Waals surface area contributed by atoms with Crippen LogP contribution in [0.3, 0.4) is 0 Å². The summed E-state index contributed by atoms with van der Waals surface area (Å²) in [5, 5.41) is 9.43. The highest BCUT2D eigenvalue weighted by atomic mass is 79.9. The number of aliphatic hydroxyl groups is 1. The van der Waals surface area contributed by atoms with Crippen molar-refractivity contribution < 1.29 is 5.11 Å². The highest BCUT2D eigenvalue weighted by molar-refractivity contribution is 9.10. The lowest BCUT2D eigenvalue weighted by Crippen LogP contribution is -2.29. The van der Waals surface area contributed by atoms with Gasteiger partial charge in [-0.2, -0.15) is 0 Å². The molecule has 0 bridgehead atoms. The predicted octanol–water partition coefficient (Wildman–Crippen LogP) is 3.50. The molecular weight excluding hydrogens is 264 g/mol. The van der Waals surface area contributed by atoms with Crippen LogP contribution in [0.5, 0.6) is 0 Å². The topological polar surface area (TPSA) is 20.2 Å². The van der Waals surface area contributed by atoms with Crippen LogP contribution in [0.2, 0.25) is 0 Å². The molecule has 0 spiro atoms. The highest BCUT2D eigenvalue weighted by Crippen LogP contribution is 2.63. The first-order valence-corrected chi connectivity index (χ1v) is 6.93. The number of hydrogen-bond acceptors (Lipinski definition) is 1. The van der Waals surface area contributed by atoms with Gasteiger partial charge in [-0.25, -0.2) is 0 Å². The Morgan fingerprint density at radius 2 is 2.19 bits per heavy atom. The molecule has 16 heavy (non-hydrogen) atoms. The summed E-state index contributed by atoms with van der Waals surface area (Å²) in [6, 6.07) is 8.67. The summed E-state index contributed by atoms with van der Waals surface area (Å²) >= 11 is 3.55. The van der Waals surface area contributed by atoms with E-state index >= 15 is 0 Å². The van der Waals surface area contributed by atoms with E-state index in [-0.39, 0.29) is 0 Å². The molecule has 0 aliphatic heterocycles. The van der Waals surface area contributed by atoms with Gasteiger partial charge in [0.1, 0.15) is 0 Å². The van der Waals surface area contributed by atoms with Gasteiger partial charge < -0.3 is 5.11 Å². The molecule has 0 saturated heterocycles. The summed E-state index contributed by atoms with van der Waals surface area (Å²) in [6.45, 7) is 0.350. The normalized spacial score (nSPS) is 33.5. The maximum Gasteiger partial charge on any atom is 0.0468 e. The molecule has 1 nitrogen and oxygen atoms in total. The molecule has 2 saturated carbocycles. The SMILES string of the molecule is OCC1CC1(c1cccc(Br)c1)C1CCC1. The van der Waals surface area contributed by atoms with E-state index in [9.17, 15) is 5.11 Å². The molecule has 2 aliphatic carbocycles. The molecule has 86 valence electrons.